The Morgan fingerprint density at radius 1 is 1.53 bits per heavy atom. The highest BCUT2D eigenvalue weighted by Crippen LogP contribution is 2.20. The van der Waals surface area contributed by atoms with Crippen LogP contribution in [0.1, 0.15) is 23.2 Å². The standard InChI is InChI=1S/C13H20N4O2/c1-19-13(18)10-4-5-15-12(11(10)14)16-6-9-17-7-2-3-8-17/h4-5H,2-3,6-9,14H2,1H3,(H,15,16). The number of likely N-dealkylation sites (tertiary alicyclic amines) is 1. The van der Waals surface area contributed by atoms with Crippen LogP contribution in [0.3, 0.4) is 0 Å². The van der Waals surface area contributed by atoms with Gasteiger partial charge in [-0.2, -0.15) is 0 Å². The number of carbonyl (C=O) groups excluding carboxylic acids is 1. The molecule has 3 N–H and O–H groups in total. The van der Waals surface area contributed by atoms with Crippen molar-refractivity contribution in [2.45, 2.75) is 12.8 Å². The average molecular weight is 264 g/mol. The molecular formula is C13H20N4O2. The second kappa shape index (κ2) is 6.38. The first kappa shape index (κ1) is 13.6. The van der Waals surface area contributed by atoms with Crippen molar-refractivity contribution in [2.24, 2.45) is 0 Å². The number of ether oxygens (including phenoxy) is 1. The number of carbonyl (C=O) groups is 1. The van der Waals surface area contributed by atoms with E-state index in [4.69, 9.17) is 5.73 Å². The molecule has 19 heavy (non-hydrogen) atoms. The number of pyridine rings is 1. The van der Waals surface area contributed by atoms with E-state index < -0.39 is 5.97 Å². The summed E-state index contributed by atoms with van der Waals surface area (Å²) in [6.07, 6.45) is 4.11. The van der Waals surface area contributed by atoms with E-state index in [0.29, 0.717) is 17.1 Å². The first-order valence-corrected chi connectivity index (χ1v) is 6.51. The summed E-state index contributed by atoms with van der Waals surface area (Å²) in [4.78, 5) is 18.1. The molecule has 6 heteroatoms. The first-order valence-electron chi connectivity index (χ1n) is 6.51. The summed E-state index contributed by atoms with van der Waals surface area (Å²) < 4.78 is 4.68. The van der Waals surface area contributed by atoms with Crippen LogP contribution in [0.2, 0.25) is 0 Å². The molecule has 104 valence electrons. The lowest BCUT2D eigenvalue weighted by Crippen LogP contribution is -2.26. The van der Waals surface area contributed by atoms with Crippen molar-refractivity contribution in [3.63, 3.8) is 0 Å². The fourth-order valence-corrected chi connectivity index (χ4v) is 2.24. The smallest absolute Gasteiger partial charge is 0.340 e. The molecule has 0 atom stereocenters. The summed E-state index contributed by atoms with van der Waals surface area (Å²) in [5.74, 6) is 0.101. The van der Waals surface area contributed by atoms with E-state index in [-0.39, 0.29) is 0 Å². The highest BCUT2D eigenvalue weighted by molar-refractivity contribution is 5.97. The highest BCUT2D eigenvalue weighted by atomic mass is 16.5. The minimum atomic E-state index is -0.442. The number of aromatic nitrogens is 1. The Morgan fingerprint density at radius 2 is 2.26 bits per heavy atom. The van der Waals surface area contributed by atoms with E-state index in [1.807, 2.05) is 0 Å². The van der Waals surface area contributed by atoms with Gasteiger partial charge in [-0.1, -0.05) is 0 Å². The molecule has 1 aliphatic heterocycles. The summed E-state index contributed by atoms with van der Waals surface area (Å²) in [6, 6.07) is 1.56. The van der Waals surface area contributed by atoms with Gasteiger partial charge in [0.25, 0.3) is 0 Å². The molecule has 1 saturated heterocycles. The molecule has 0 bridgehead atoms. The van der Waals surface area contributed by atoms with Crippen molar-refractivity contribution < 1.29 is 9.53 Å². The second-order valence-electron chi connectivity index (χ2n) is 4.59. The third-order valence-corrected chi connectivity index (χ3v) is 3.31. The van der Waals surface area contributed by atoms with Gasteiger partial charge in [0.05, 0.1) is 18.4 Å². The number of nitrogens with one attached hydrogen (secondary N) is 1. The SMILES string of the molecule is COC(=O)c1ccnc(NCCN2CCCC2)c1N. The van der Waals surface area contributed by atoms with E-state index in [0.717, 1.165) is 26.2 Å². The lowest BCUT2D eigenvalue weighted by atomic mass is 10.2. The van der Waals surface area contributed by atoms with Gasteiger partial charge < -0.3 is 20.7 Å². The summed E-state index contributed by atoms with van der Waals surface area (Å²) in [7, 11) is 1.34. The Morgan fingerprint density at radius 3 is 2.95 bits per heavy atom. The van der Waals surface area contributed by atoms with E-state index in [1.165, 1.54) is 20.0 Å². The summed E-state index contributed by atoms with van der Waals surface area (Å²) in [5.41, 5.74) is 6.61. The van der Waals surface area contributed by atoms with E-state index >= 15 is 0 Å². The largest absolute Gasteiger partial charge is 0.465 e. The molecule has 1 fully saturated rings. The molecular weight excluding hydrogens is 244 g/mol. The van der Waals surface area contributed by atoms with Gasteiger partial charge in [-0.05, 0) is 32.0 Å². The van der Waals surface area contributed by atoms with Crippen molar-refractivity contribution >= 4 is 17.5 Å². The van der Waals surface area contributed by atoms with Gasteiger partial charge in [0.2, 0.25) is 0 Å². The van der Waals surface area contributed by atoms with E-state index in [2.05, 4.69) is 19.9 Å². The van der Waals surface area contributed by atoms with Gasteiger partial charge in [-0.15, -0.1) is 0 Å². The Balaban J connectivity index is 1.94. The van der Waals surface area contributed by atoms with Gasteiger partial charge in [0.15, 0.2) is 0 Å². The molecule has 1 aliphatic rings. The molecule has 0 unspecified atom stereocenters. The number of hydrogen-bond donors (Lipinski definition) is 2. The molecule has 0 radical (unpaired) electrons. The van der Waals surface area contributed by atoms with Gasteiger partial charge in [0, 0.05) is 19.3 Å². The zero-order valence-corrected chi connectivity index (χ0v) is 11.2. The number of anilines is 2. The fraction of sp³-hybridized carbons (Fsp3) is 0.538. The van der Waals surface area contributed by atoms with Crippen LogP contribution in [-0.4, -0.2) is 49.1 Å². The third kappa shape index (κ3) is 3.35. The average Bonchev–Trinajstić information content (AvgIpc) is 2.93. The number of rotatable bonds is 5. The summed E-state index contributed by atoms with van der Waals surface area (Å²) in [6.45, 7) is 4.05. The predicted molar refractivity (Wildman–Crippen MR) is 74.2 cm³/mol. The third-order valence-electron chi connectivity index (χ3n) is 3.31. The van der Waals surface area contributed by atoms with Crippen molar-refractivity contribution in [3.8, 4) is 0 Å². The molecule has 0 amide bonds. The minimum absolute atomic E-state index is 0.343. The maximum absolute atomic E-state index is 11.5. The number of nitrogen functional groups attached to an aromatic ring is 1. The molecule has 2 rings (SSSR count). The van der Waals surface area contributed by atoms with Gasteiger partial charge >= 0.3 is 5.97 Å². The number of esters is 1. The first-order chi connectivity index (χ1) is 9.22. The lowest BCUT2D eigenvalue weighted by molar-refractivity contribution is 0.0602. The van der Waals surface area contributed by atoms with Crippen LogP contribution in [0.4, 0.5) is 11.5 Å². The van der Waals surface area contributed by atoms with Crippen LogP contribution in [-0.2, 0) is 4.74 Å². The van der Waals surface area contributed by atoms with Crippen LogP contribution in [0.25, 0.3) is 0 Å². The Hall–Kier alpha value is -1.82. The van der Waals surface area contributed by atoms with Crippen molar-refractivity contribution in [3.05, 3.63) is 17.8 Å². The summed E-state index contributed by atoms with van der Waals surface area (Å²) in [5, 5.41) is 3.17. The van der Waals surface area contributed by atoms with E-state index in [9.17, 15) is 4.79 Å². The molecule has 0 spiro atoms. The van der Waals surface area contributed by atoms with Gasteiger partial charge in [0.1, 0.15) is 5.82 Å². The highest BCUT2D eigenvalue weighted by Gasteiger charge is 2.14. The van der Waals surface area contributed by atoms with Crippen LogP contribution in [0, 0.1) is 0 Å². The van der Waals surface area contributed by atoms with Gasteiger partial charge in [-0.25, -0.2) is 9.78 Å². The van der Waals surface area contributed by atoms with Crippen molar-refractivity contribution in [2.75, 3.05) is 44.3 Å². The van der Waals surface area contributed by atoms with Crippen molar-refractivity contribution in [1.29, 1.82) is 0 Å². The lowest BCUT2D eigenvalue weighted by Gasteiger charge is -2.16. The molecule has 1 aromatic rings. The van der Waals surface area contributed by atoms with Crippen LogP contribution in [0.5, 0.6) is 0 Å². The van der Waals surface area contributed by atoms with Crippen LogP contribution >= 0.6 is 0 Å². The fourth-order valence-electron chi connectivity index (χ4n) is 2.24. The monoisotopic (exact) mass is 264 g/mol. The Bertz CT molecular complexity index is 444. The number of hydrogen-bond acceptors (Lipinski definition) is 6. The van der Waals surface area contributed by atoms with Gasteiger partial charge in [-0.3, -0.25) is 0 Å². The molecule has 1 aromatic heterocycles. The Labute approximate surface area is 112 Å². The number of nitrogens with two attached hydrogens (primary N) is 1. The molecule has 0 saturated carbocycles. The van der Waals surface area contributed by atoms with Crippen molar-refractivity contribution in [1.82, 2.24) is 9.88 Å². The van der Waals surface area contributed by atoms with E-state index in [1.54, 1.807) is 12.3 Å². The minimum Gasteiger partial charge on any atom is -0.465 e. The molecule has 0 aliphatic carbocycles. The zero-order valence-electron chi connectivity index (χ0n) is 11.2. The quantitative estimate of drug-likeness (QED) is 0.771. The number of methoxy groups -OCH3 is 1. The topological polar surface area (TPSA) is 80.5 Å². The molecule has 2 heterocycles. The zero-order chi connectivity index (χ0) is 13.7. The maximum atomic E-state index is 11.5. The molecule has 6 nitrogen and oxygen atoms in total. The normalized spacial score (nSPS) is 15.4. The second-order valence-corrected chi connectivity index (χ2v) is 4.59. The van der Waals surface area contributed by atoms with Crippen LogP contribution in [0.15, 0.2) is 12.3 Å². The Kier molecular flexibility index (Phi) is 4.57. The number of nitrogens with zero attached hydrogens (tertiary/aromatic N) is 2. The molecule has 0 aromatic carbocycles. The van der Waals surface area contributed by atoms with Crippen LogP contribution < -0.4 is 11.1 Å². The summed E-state index contributed by atoms with van der Waals surface area (Å²) >= 11 is 0. The predicted octanol–water partition coefficient (Wildman–Crippen LogP) is 0.958. The maximum Gasteiger partial charge on any atom is 0.340 e.